The first-order chi connectivity index (χ1) is 8.72. The zero-order valence-electron chi connectivity index (χ0n) is 11.9. The highest BCUT2D eigenvalue weighted by molar-refractivity contribution is 4.98. The minimum Gasteiger partial charge on any atom is -0.381 e. The molecule has 1 saturated carbocycles. The van der Waals surface area contributed by atoms with E-state index in [-0.39, 0.29) is 5.54 Å². The number of rotatable bonds is 4. The van der Waals surface area contributed by atoms with E-state index in [1.165, 1.54) is 19.3 Å². The Labute approximate surface area is 111 Å². The molecule has 0 amide bonds. The Bertz CT molecular complexity index is 256. The fraction of sp³-hybridized carbons (Fsp3) is 1.00. The average Bonchev–Trinajstić information content (AvgIpc) is 2.47. The fourth-order valence-electron chi connectivity index (χ4n) is 3.60. The Kier molecular flexibility index (Phi) is 5.01. The molecule has 1 aliphatic heterocycles. The number of nitrogens with zero attached hydrogens (tertiary/aromatic N) is 1. The molecular weight excluding hydrogens is 228 g/mol. The van der Waals surface area contributed by atoms with E-state index in [0.717, 1.165) is 39.0 Å². The minimum atomic E-state index is 0.140. The van der Waals surface area contributed by atoms with Gasteiger partial charge in [-0.2, -0.15) is 0 Å². The number of methoxy groups -OCH3 is 1. The van der Waals surface area contributed by atoms with E-state index in [0.29, 0.717) is 12.1 Å². The van der Waals surface area contributed by atoms with Crippen LogP contribution in [0, 0.1) is 0 Å². The summed E-state index contributed by atoms with van der Waals surface area (Å²) < 4.78 is 11.0. The van der Waals surface area contributed by atoms with Gasteiger partial charge in [-0.25, -0.2) is 0 Å². The topological polar surface area (TPSA) is 47.7 Å². The van der Waals surface area contributed by atoms with Crippen molar-refractivity contribution in [2.45, 2.75) is 56.2 Å². The van der Waals surface area contributed by atoms with Crippen LogP contribution in [0.15, 0.2) is 0 Å². The van der Waals surface area contributed by atoms with Gasteiger partial charge >= 0.3 is 0 Å². The predicted octanol–water partition coefficient (Wildman–Crippen LogP) is 1.38. The standard InChI is InChI=1S/C14H28N2O2/c1-16(12-5-8-18-9-6-12)14(11-15)7-3-4-13(10-14)17-2/h12-13H,3-11,15H2,1-2H3. The normalized spacial score (nSPS) is 35.0. The van der Waals surface area contributed by atoms with Crippen LogP contribution in [0.4, 0.5) is 0 Å². The van der Waals surface area contributed by atoms with Crippen LogP contribution in [0.1, 0.15) is 38.5 Å². The van der Waals surface area contributed by atoms with Crippen LogP contribution in [-0.2, 0) is 9.47 Å². The highest BCUT2D eigenvalue weighted by Crippen LogP contribution is 2.36. The molecule has 106 valence electrons. The van der Waals surface area contributed by atoms with E-state index in [4.69, 9.17) is 15.2 Å². The van der Waals surface area contributed by atoms with Gasteiger partial charge < -0.3 is 15.2 Å². The molecule has 1 heterocycles. The largest absolute Gasteiger partial charge is 0.381 e. The molecule has 2 N–H and O–H groups in total. The maximum absolute atomic E-state index is 6.13. The molecule has 0 spiro atoms. The fourth-order valence-corrected chi connectivity index (χ4v) is 3.60. The lowest BCUT2D eigenvalue weighted by Gasteiger charge is -2.50. The van der Waals surface area contributed by atoms with Crippen molar-refractivity contribution in [3.63, 3.8) is 0 Å². The Balaban J connectivity index is 2.04. The summed E-state index contributed by atoms with van der Waals surface area (Å²) in [7, 11) is 4.08. The third kappa shape index (κ3) is 2.87. The minimum absolute atomic E-state index is 0.140. The van der Waals surface area contributed by atoms with Crippen molar-refractivity contribution in [2.24, 2.45) is 5.73 Å². The predicted molar refractivity (Wildman–Crippen MR) is 72.7 cm³/mol. The van der Waals surface area contributed by atoms with Crippen LogP contribution in [-0.4, -0.2) is 56.5 Å². The SMILES string of the molecule is COC1CCCC(CN)(N(C)C2CCOCC2)C1. The zero-order chi connectivity index (χ0) is 13.0. The highest BCUT2D eigenvalue weighted by atomic mass is 16.5. The number of hydrogen-bond donors (Lipinski definition) is 1. The zero-order valence-corrected chi connectivity index (χ0v) is 11.9. The van der Waals surface area contributed by atoms with E-state index in [9.17, 15) is 0 Å². The molecule has 4 heteroatoms. The molecule has 0 aromatic rings. The van der Waals surface area contributed by atoms with Gasteiger partial charge in [-0.15, -0.1) is 0 Å². The Hall–Kier alpha value is -0.160. The van der Waals surface area contributed by atoms with Gasteiger partial charge in [0.1, 0.15) is 0 Å². The van der Waals surface area contributed by atoms with Crippen LogP contribution in [0.2, 0.25) is 0 Å². The molecule has 1 saturated heterocycles. The second-order valence-corrected chi connectivity index (χ2v) is 5.84. The smallest absolute Gasteiger partial charge is 0.0589 e. The van der Waals surface area contributed by atoms with E-state index in [1.807, 2.05) is 7.11 Å². The summed E-state index contributed by atoms with van der Waals surface area (Å²) in [5.74, 6) is 0. The van der Waals surface area contributed by atoms with Crippen LogP contribution in [0.25, 0.3) is 0 Å². The van der Waals surface area contributed by atoms with Gasteiger partial charge in [-0.1, -0.05) is 0 Å². The Morgan fingerprint density at radius 2 is 2.06 bits per heavy atom. The summed E-state index contributed by atoms with van der Waals surface area (Å²) in [6.07, 6.45) is 7.34. The van der Waals surface area contributed by atoms with Crippen LogP contribution < -0.4 is 5.73 Å². The Morgan fingerprint density at radius 3 is 2.67 bits per heavy atom. The van der Waals surface area contributed by atoms with Gasteiger partial charge in [0, 0.05) is 38.4 Å². The highest BCUT2D eigenvalue weighted by Gasteiger charge is 2.41. The van der Waals surface area contributed by atoms with Crippen molar-refractivity contribution >= 4 is 0 Å². The number of nitrogens with two attached hydrogens (primary N) is 1. The van der Waals surface area contributed by atoms with Crippen molar-refractivity contribution in [1.29, 1.82) is 0 Å². The lowest BCUT2D eigenvalue weighted by molar-refractivity contribution is -0.0509. The van der Waals surface area contributed by atoms with E-state index in [1.54, 1.807) is 0 Å². The summed E-state index contributed by atoms with van der Waals surface area (Å²) in [5, 5.41) is 0. The lowest BCUT2D eigenvalue weighted by Crippen LogP contribution is -2.59. The second kappa shape index (κ2) is 6.33. The van der Waals surface area contributed by atoms with E-state index < -0.39 is 0 Å². The molecule has 0 aromatic carbocycles. The average molecular weight is 256 g/mol. The summed E-state index contributed by atoms with van der Waals surface area (Å²) in [6, 6.07) is 0.623. The summed E-state index contributed by atoms with van der Waals surface area (Å²) in [5.41, 5.74) is 6.27. The molecule has 2 rings (SSSR count). The molecule has 2 unspecified atom stereocenters. The maximum atomic E-state index is 6.13. The number of ether oxygens (including phenoxy) is 2. The second-order valence-electron chi connectivity index (χ2n) is 5.84. The van der Waals surface area contributed by atoms with Gasteiger partial charge in [0.25, 0.3) is 0 Å². The van der Waals surface area contributed by atoms with Gasteiger partial charge in [0.05, 0.1) is 6.10 Å². The molecule has 2 atom stereocenters. The Morgan fingerprint density at radius 1 is 1.33 bits per heavy atom. The molecule has 0 bridgehead atoms. The molecule has 1 aliphatic carbocycles. The molecule has 2 aliphatic rings. The molecule has 4 nitrogen and oxygen atoms in total. The lowest BCUT2D eigenvalue weighted by atomic mass is 9.77. The molecular formula is C14H28N2O2. The molecule has 2 fully saturated rings. The summed E-state index contributed by atoms with van der Waals surface area (Å²) in [4.78, 5) is 2.54. The van der Waals surface area contributed by atoms with Crippen molar-refractivity contribution in [1.82, 2.24) is 4.90 Å². The molecule has 18 heavy (non-hydrogen) atoms. The van der Waals surface area contributed by atoms with Crippen molar-refractivity contribution in [3.05, 3.63) is 0 Å². The van der Waals surface area contributed by atoms with Crippen molar-refractivity contribution in [3.8, 4) is 0 Å². The first-order valence-electron chi connectivity index (χ1n) is 7.25. The summed E-state index contributed by atoms with van der Waals surface area (Å²) in [6.45, 7) is 2.52. The number of hydrogen-bond acceptors (Lipinski definition) is 4. The van der Waals surface area contributed by atoms with Crippen molar-refractivity contribution in [2.75, 3.05) is 33.9 Å². The molecule has 0 radical (unpaired) electrons. The van der Waals surface area contributed by atoms with Crippen LogP contribution >= 0.6 is 0 Å². The van der Waals surface area contributed by atoms with E-state index in [2.05, 4.69) is 11.9 Å². The van der Waals surface area contributed by atoms with Gasteiger partial charge in [-0.3, -0.25) is 4.90 Å². The third-order valence-corrected chi connectivity index (χ3v) is 4.98. The number of likely N-dealkylation sites (N-methyl/N-ethyl adjacent to an activating group) is 1. The first kappa shape index (κ1) is 14.3. The van der Waals surface area contributed by atoms with E-state index >= 15 is 0 Å². The van der Waals surface area contributed by atoms with Crippen LogP contribution in [0.3, 0.4) is 0 Å². The quantitative estimate of drug-likeness (QED) is 0.825. The van der Waals surface area contributed by atoms with Gasteiger partial charge in [0.2, 0.25) is 0 Å². The van der Waals surface area contributed by atoms with Crippen molar-refractivity contribution < 1.29 is 9.47 Å². The summed E-state index contributed by atoms with van der Waals surface area (Å²) >= 11 is 0. The monoisotopic (exact) mass is 256 g/mol. The maximum Gasteiger partial charge on any atom is 0.0589 e. The molecule has 0 aromatic heterocycles. The van der Waals surface area contributed by atoms with Gasteiger partial charge in [0.15, 0.2) is 0 Å². The van der Waals surface area contributed by atoms with Gasteiger partial charge in [-0.05, 0) is 45.6 Å². The third-order valence-electron chi connectivity index (χ3n) is 4.98. The first-order valence-corrected chi connectivity index (χ1v) is 7.25. The van der Waals surface area contributed by atoms with Crippen LogP contribution in [0.5, 0.6) is 0 Å².